The zero-order valence-electron chi connectivity index (χ0n) is 19.5. The molecule has 7 nitrogen and oxygen atoms in total. The van der Waals surface area contributed by atoms with Crippen LogP contribution in [-0.4, -0.2) is 57.4 Å². The molecule has 186 valence electrons. The maximum Gasteiger partial charge on any atom is 0.176 e. The highest BCUT2D eigenvalue weighted by molar-refractivity contribution is 6.00. The standard InChI is InChI=1S/C27H25F2N3O4/c28-20-5-7-25(22(29)11-20)36-21-10-19-14-31(16-27(19,34)12-21)15-24(33)17-4-6-23-18(9-17)13-30-32(23)26-3-1-2-8-35-26/h4-7,9-13,26,34H,1-3,8,14-16H2/t26?,27-/m1/s1. The van der Waals surface area contributed by atoms with Crippen LogP contribution in [0, 0.1) is 11.6 Å². The number of nitrogens with zero attached hydrogens (tertiary/aromatic N) is 3. The average molecular weight is 494 g/mol. The van der Waals surface area contributed by atoms with Crippen LogP contribution in [0.5, 0.6) is 5.75 Å². The molecular weight excluding hydrogens is 468 g/mol. The molecule has 2 aromatic carbocycles. The maximum atomic E-state index is 13.9. The molecule has 0 radical (unpaired) electrons. The van der Waals surface area contributed by atoms with Crippen molar-refractivity contribution in [1.29, 1.82) is 0 Å². The number of ketones is 1. The van der Waals surface area contributed by atoms with E-state index in [0.29, 0.717) is 17.7 Å². The summed E-state index contributed by atoms with van der Waals surface area (Å²) >= 11 is 0. The Morgan fingerprint density at radius 1 is 1.22 bits per heavy atom. The summed E-state index contributed by atoms with van der Waals surface area (Å²) in [5.41, 5.74) is 0.883. The highest BCUT2D eigenvalue weighted by atomic mass is 19.1. The van der Waals surface area contributed by atoms with Crippen molar-refractivity contribution >= 4 is 16.7 Å². The van der Waals surface area contributed by atoms with Crippen molar-refractivity contribution in [3.05, 3.63) is 83.3 Å². The zero-order chi connectivity index (χ0) is 24.9. The number of fused-ring (bicyclic) bond motifs is 2. The van der Waals surface area contributed by atoms with Crippen molar-refractivity contribution in [3.63, 3.8) is 0 Å². The second-order valence-corrected chi connectivity index (χ2v) is 9.57. The van der Waals surface area contributed by atoms with Gasteiger partial charge in [0.1, 0.15) is 17.2 Å². The van der Waals surface area contributed by atoms with Gasteiger partial charge in [0.2, 0.25) is 0 Å². The van der Waals surface area contributed by atoms with Crippen LogP contribution in [0.3, 0.4) is 0 Å². The lowest BCUT2D eigenvalue weighted by Crippen LogP contribution is -2.34. The fourth-order valence-electron chi connectivity index (χ4n) is 5.16. The van der Waals surface area contributed by atoms with Gasteiger partial charge in [-0.3, -0.25) is 9.69 Å². The fourth-order valence-corrected chi connectivity index (χ4v) is 5.16. The monoisotopic (exact) mass is 493 g/mol. The van der Waals surface area contributed by atoms with Crippen LogP contribution in [0.4, 0.5) is 8.78 Å². The van der Waals surface area contributed by atoms with Crippen molar-refractivity contribution in [2.24, 2.45) is 0 Å². The van der Waals surface area contributed by atoms with E-state index in [1.165, 1.54) is 12.1 Å². The van der Waals surface area contributed by atoms with Crippen LogP contribution in [0.25, 0.3) is 10.9 Å². The third kappa shape index (κ3) is 4.23. The summed E-state index contributed by atoms with van der Waals surface area (Å²) in [5.74, 6) is -1.41. The first-order chi connectivity index (χ1) is 17.4. The SMILES string of the molecule is O=C(CN1CC2=CC(Oc3ccc(F)cc3F)=C[C@@]2(O)C1)c1ccc2c(cnn2C2CCCCO2)c1. The molecule has 2 aliphatic heterocycles. The summed E-state index contributed by atoms with van der Waals surface area (Å²) < 4.78 is 40.3. The van der Waals surface area contributed by atoms with Crippen molar-refractivity contribution < 1.29 is 28.2 Å². The Kier molecular flexibility index (Phi) is 5.70. The first kappa shape index (κ1) is 23.0. The summed E-state index contributed by atoms with van der Waals surface area (Å²) in [5, 5.41) is 16.4. The fraction of sp³-hybridized carbons (Fsp3) is 0.333. The molecule has 0 spiro atoms. The summed E-state index contributed by atoms with van der Waals surface area (Å²) in [4.78, 5) is 14.9. The summed E-state index contributed by atoms with van der Waals surface area (Å²) in [6, 6.07) is 8.61. The number of carbonyl (C=O) groups is 1. The largest absolute Gasteiger partial charge is 0.454 e. The number of hydrogen-bond acceptors (Lipinski definition) is 6. The van der Waals surface area contributed by atoms with Gasteiger partial charge in [-0.05, 0) is 67.3 Å². The Bertz CT molecular complexity index is 1410. The molecule has 0 amide bonds. The van der Waals surface area contributed by atoms with E-state index in [9.17, 15) is 18.7 Å². The van der Waals surface area contributed by atoms with E-state index in [-0.39, 0.29) is 36.6 Å². The molecule has 3 aromatic rings. The molecule has 36 heavy (non-hydrogen) atoms. The minimum atomic E-state index is -1.29. The maximum absolute atomic E-state index is 13.9. The molecule has 9 heteroatoms. The van der Waals surface area contributed by atoms with E-state index in [1.54, 1.807) is 18.3 Å². The quantitative estimate of drug-likeness (QED) is 0.520. The molecule has 0 saturated carbocycles. The van der Waals surface area contributed by atoms with Crippen LogP contribution < -0.4 is 4.74 Å². The van der Waals surface area contributed by atoms with Gasteiger partial charge in [-0.1, -0.05) is 0 Å². The van der Waals surface area contributed by atoms with E-state index in [1.807, 2.05) is 21.7 Å². The number of aliphatic hydroxyl groups is 1. The third-order valence-corrected chi connectivity index (χ3v) is 6.95. The van der Waals surface area contributed by atoms with E-state index in [2.05, 4.69) is 5.10 Å². The Balaban J connectivity index is 1.11. The highest BCUT2D eigenvalue weighted by Crippen LogP contribution is 2.37. The molecule has 1 aromatic heterocycles. The number of Topliss-reactive ketones (excluding diaryl/α,β-unsaturated/α-hetero) is 1. The molecule has 3 heterocycles. The van der Waals surface area contributed by atoms with E-state index in [0.717, 1.165) is 48.9 Å². The van der Waals surface area contributed by atoms with Crippen LogP contribution in [-0.2, 0) is 4.74 Å². The second kappa shape index (κ2) is 8.92. The van der Waals surface area contributed by atoms with E-state index >= 15 is 0 Å². The van der Waals surface area contributed by atoms with E-state index < -0.39 is 17.2 Å². The van der Waals surface area contributed by atoms with Gasteiger partial charge in [0.25, 0.3) is 0 Å². The topological polar surface area (TPSA) is 76.8 Å². The van der Waals surface area contributed by atoms with Crippen LogP contribution in [0.1, 0.15) is 35.8 Å². The van der Waals surface area contributed by atoms with Crippen molar-refractivity contribution in [3.8, 4) is 5.75 Å². The number of rotatable bonds is 6. The van der Waals surface area contributed by atoms with Crippen molar-refractivity contribution in [2.75, 3.05) is 26.2 Å². The van der Waals surface area contributed by atoms with E-state index in [4.69, 9.17) is 9.47 Å². The molecule has 1 aliphatic carbocycles. The predicted octanol–water partition coefficient (Wildman–Crippen LogP) is 4.15. The Hall–Kier alpha value is -3.40. The second-order valence-electron chi connectivity index (χ2n) is 9.57. The molecule has 2 fully saturated rings. The van der Waals surface area contributed by atoms with Gasteiger partial charge >= 0.3 is 0 Å². The number of β-amino-alcohol motifs (C(OH)–C–C–N with tert-alkyl or cyclic N) is 1. The van der Waals surface area contributed by atoms with Gasteiger partial charge in [-0.2, -0.15) is 5.10 Å². The molecule has 2 atom stereocenters. The van der Waals surface area contributed by atoms with Crippen molar-refractivity contribution in [2.45, 2.75) is 31.1 Å². The predicted molar refractivity (Wildman–Crippen MR) is 127 cm³/mol. The number of carbonyl (C=O) groups excluding carboxylic acids is 1. The summed E-state index contributed by atoms with van der Waals surface area (Å²) in [6.07, 6.45) is 7.92. The number of ether oxygens (including phenoxy) is 2. The van der Waals surface area contributed by atoms with Crippen molar-refractivity contribution in [1.82, 2.24) is 14.7 Å². The Morgan fingerprint density at radius 3 is 2.89 bits per heavy atom. The zero-order valence-corrected chi connectivity index (χ0v) is 19.5. The normalized spacial score (nSPS) is 24.0. The third-order valence-electron chi connectivity index (χ3n) is 6.95. The lowest BCUT2D eigenvalue weighted by Gasteiger charge is -2.23. The molecular formula is C27H25F2N3O4. The smallest absolute Gasteiger partial charge is 0.176 e. The number of hydrogen-bond donors (Lipinski definition) is 1. The minimum absolute atomic E-state index is 0.0587. The Labute approximate surface area is 206 Å². The minimum Gasteiger partial charge on any atom is -0.454 e. The molecule has 1 unspecified atom stereocenters. The van der Waals surface area contributed by atoms with Gasteiger partial charge < -0.3 is 14.6 Å². The number of aromatic nitrogens is 2. The highest BCUT2D eigenvalue weighted by Gasteiger charge is 2.43. The average Bonchev–Trinajstić information content (AvgIpc) is 3.50. The molecule has 6 rings (SSSR count). The summed E-state index contributed by atoms with van der Waals surface area (Å²) in [7, 11) is 0. The Morgan fingerprint density at radius 2 is 2.11 bits per heavy atom. The molecule has 2 saturated heterocycles. The van der Waals surface area contributed by atoms with Crippen LogP contribution in [0.2, 0.25) is 0 Å². The molecule has 0 bridgehead atoms. The number of likely N-dealkylation sites (tertiary alicyclic amines) is 1. The van der Waals surface area contributed by atoms with Gasteiger partial charge in [0, 0.05) is 36.7 Å². The van der Waals surface area contributed by atoms with Gasteiger partial charge in [0.15, 0.2) is 23.6 Å². The number of benzene rings is 2. The molecule has 1 N–H and O–H groups in total. The lowest BCUT2D eigenvalue weighted by atomic mass is 10.0. The van der Waals surface area contributed by atoms with Crippen LogP contribution >= 0.6 is 0 Å². The molecule has 3 aliphatic rings. The first-order valence-electron chi connectivity index (χ1n) is 12.0. The number of allylic oxidation sites excluding steroid dienone is 1. The van der Waals surface area contributed by atoms with Gasteiger partial charge in [0.05, 0.1) is 18.3 Å². The van der Waals surface area contributed by atoms with Gasteiger partial charge in [-0.15, -0.1) is 0 Å². The first-order valence-corrected chi connectivity index (χ1v) is 12.0. The lowest BCUT2D eigenvalue weighted by molar-refractivity contribution is -0.0366. The van der Waals surface area contributed by atoms with Crippen LogP contribution in [0.15, 0.2) is 66.1 Å². The number of halogens is 2. The summed E-state index contributed by atoms with van der Waals surface area (Å²) in [6.45, 7) is 1.45. The van der Waals surface area contributed by atoms with Gasteiger partial charge in [-0.25, -0.2) is 13.5 Å².